The van der Waals surface area contributed by atoms with Crippen molar-refractivity contribution < 1.29 is 13.6 Å². The van der Waals surface area contributed by atoms with Crippen molar-refractivity contribution in [3.05, 3.63) is 130 Å². The molecule has 0 bridgehead atoms. The number of nitrogens with zero attached hydrogens (tertiary/aromatic N) is 4. The predicted octanol–water partition coefficient (Wildman–Crippen LogP) is 7.04. The maximum Gasteiger partial charge on any atom is 0.323 e. The van der Waals surface area contributed by atoms with Crippen LogP contribution in [-0.4, -0.2) is 25.3 Å². The SMILES string of the molecule is Cc1nn(-c2ccccc2)c2c1CN(C(=O)Nc1ccc(F)cc1F)[C@H](c1ccc(Cl)cc1)c1cccn1-2. The molecule has 2 aromatic heterocycles. The van der Waals surface area contributed by atoms with Crippen molar-refractivity contribution >= 4 is 23.3 Å². The Balaban J connectivity index is 1.53. The van der Waals surface area contributed by atoms with E-state index in [2.05, 4.69) is 5.32 Å². The molecule has 0 aliphatic carbocycles. The number of anilines is 1. The van der Waals surface area contributed by atoms with Crippen molar-refractivity contribution in [3.8, 4) is 11.5 Å². The first-order chi connectivity index (χ1) is 18.4. The van der Waals surface area contributed by atoms with E-state index in [4.69, 9.17) is 16.7 Å². The smallest absolute Gasteiger partial charge is 0.307 e. The zero-order chi connectivity index (χ0) is 26.4. The Bertz CT molecular complexity index is 1650. The highest BCUT2D eigenvalue weighted by atomic mass is 35.5. The van der Waals surface area contributed by atoms with Crippen molar-refractivity contribution in [2.24, 2.45) is 0 Å². The fraction of sp³-hybridized carbons (Fsp3) is 0.103. The van der Waals surface area contributed by atoms with Gasteiger partial charge in [0.15, 0.2) is 0 Å². The summed E-state index contributed by atoms with van der Waals surface area (Å²) in [6.45, 7) is 2.09. The number of benzene rings is 3. The van der Waals surface area contributed by atoms with Gasteiger partial charge in [0, 0.05) is 22.8 Å². The third-order valence-electron chi connectivity index (χ3n) is 6.71. The van der Waals surface area contributed by atoms with Gasteiger partial charge in [-0.1, -0.05) is 41.9 Å². The van der Waals surface area contributed by atoms with Crippen molar-refractivity contribution in [1.29, 1.82) is 0 Å². The molecule has 190 valence electrons. The van der Waals surface area contributed by atoms with Crippen molar-refractivity contribution in [3.63, 3.8) is 0 Å². The summed E-state index contributed by atoms with van der Waals surface area (Å²) in [4.78, 5) is 15.5. The van der Waals surface area contributed by atoms with Crippen LogP contribution in [0.2, 0.25) is 5.02 Å². The molecule has 1 aliphatic rings. The molecule has 0 fully saturated rings. The maximum atomic E-state index is 14.5. The second kappa shape index (κ2) is 9.46. The number of amides is 2. The largest absolute Gasteiger partial charge is 0.323 e. The minimum Gasteiger partial charge on any atom is -0.307 e. The van der Waals surface area contributed by atoms with E-state index in [0.29, 0.717) is 5.02 Å². The number of fused-ring (bicyclic) bond motifs is 3. The van der Waals surface area contributed by atoms with Crippen LogP contribution in [0.3, 0.4) is 0 Å². The molecule has 0 saturated heterocycles. The number of hydrogen-bond acceptors (Lipinski definition) is 2. The van der Waals surface area contributed by atoms with Crippen LogP contribution >= 0.6 is 11.6 Å². The summed E-state index contributed by atoms with van der Waals surface area (Å²) in [7, 11) is 0. The number of aromatic nitrogens is 3. The molecule has 6 rings (SSSR count). The van der Waals surface area contributed by atoms with Gasteiger partial charge in [-0.15, -0.1) is 0 Å². The normalized spacial score (nSPS) is 14.5. The fourth-order valence-electron chi connectivity index (χ4n) is 4.92. The zero-order valence-electron chi connectivity index (χ0n) is 20.3. The average Bonchev–Trinajstić information content (AvgIpc) is 3.47. The molecule has 0 unspecified atom stereocenters. The van der Waals surface area contributed by atoms with Crippen LogP contribution in [0, 0.1) is 18.6 Å². The third-order valence-corrected chi connectivity index (χ3v) is 6.96. The first-order valence-electron chi connectivity index (χ1n) is 12.0. The Hall–Kier alpha value is -4.43. The molecule has 1 aliphatic heterocycles. The number of para-hydroxylation sites is 1. The van der Waals surface area contributed by atoms with Crippen molar-refractivity contribution in [2.45, 2.75) is 19.5 Å². The van der Waals surface area contributed by atoms with Gasteiger partial charge in [-0.05, 0) is 61.0 Å². The van der Waals surface area contributed by atoms with E-state index in [9.17, 15) is 13.6 Å². The summed E-state index contributed by atoms with van der Waals surface area (Å²) < 4.78 is 31.9. The van der Waals surface area contributed by atoms with Crippen molar-refractivity contribution in [2.75, 3.05) is 5.32 Å². The standard InChI is InChI=1S/C29H22ClF2N5O/c1-18-23-17-36(29(38)33-25-14-13-21(31)16-24(25)32)27(19-9-11-20(30)12-10-19)26-8-5-15-35(26)28(23)37(34-18)22-6-3-2-4-7-22/h2-16,27H,17H2,1H3,(H,33,38)/t27-/m1/s1. The molecule has 9 heteroatoms. The Labute approximate surface area is 222 Å². The molecule has 38 heavy (non-hydrogen) atoms. The second-order valence-corrected chi connectivity index (χ2v) is 9.51. The summed E-state index contributed by atoms with van der Waals surface area (Å²) in [6.07, 6.45) is 1.94. The summed E-state index contributed by atoms with van der Waals surface area (Å²) in [5.74, 6) is -0.759. The lowest BCUT2D eigenvalue weighted by atomic mass is 10.0. The molecule has 1 atom stereocenters. The minimum atomic E-state index is -0.853. The van der Waals surface area contributed by atoms with E-state index < -0.39 is 23.7 Å². The van der Waals surface area contributed by atoms with E-state index >= 15 is 0 Å². The van der Waals surface area contributed by atoms with Gasteiger partial charge in [0.25, 0.3) is 0 Å². The number of aryl methyl sites for hydroxylation is 1. The minimum absolute atomic E-state index is 0.109. The molecule has 1 N–H and O–H groups in total. The van der Waals surface area contributed by atoms with E-state index in [-0.39, 0.29) is 12.2 Å². The van der Waals surface area contributed by atoms with Gasteiger partial charge in [0.1, 0.15) is 17.5 Å². The Morgan fingerprint density at radius 3 is 2.50 bits per heavy atom. The first-order valence-corrected chi connectivity index (χ1v) is 12.4. The lowest BCUT2D eigenvalue weighted by molar-refractivity contribution is 0.194. The second-order valence-electron chi connectivity index (χ2n) is 9.07. The molecular weight excluding hydrogens is 508 g/mol. The quantitative estimate of drug-likeness (QED) is 0.272. The number of hydrogen-bond donors (Lipinski definition) is 1. The molecule has 0 radical (unpaired) electrons. The molecule has 6 nitrogen and oxygen atoms in total. The Morgan fingerprint density at radius 1 is 1.00 bits per heavy atom. The fourth-order valence-corrected chi connectivity index (χ4v) is 5.05. The predicted molar refractivity (Wildman–Crippen MR) is 142 cm³/mol. The summed E-state index contributed by atoms with van der Waals surface area (Å²) in [5, 5.41) is 8.02. The molecule has 2 amide bonds. The number of nitrogens with one attached hydrogen (secondary N) is 1. The average molecular weight is 530 g/mol. The Kier molecular flexibility index (Phi) is 5.96. The van der Waals surface area contributed by atoms with Crippen molar-refractivity contribution in [1.82, 2.24) is 19.2 Å². The summed E-state index contributed by atoms with van der Waals surface area (Å²) >= 11 is 6.18. The van der Waals surface area contributed by atoms with Crippen LogP contribution in [0.5, 0.6) is 0 Å². The number of carbonyl (C=O) groups is 1. The van der Waals surface area contributed by atoms with Gasteiger partial charge in [0.05, 0.1) is 35.3 Å². The number of rotatable bonds is 3. The lowest BCUT2D eigenvalue weighted by Crippen LogP contribution is -2.38. The van der Waals surface area contributed by atoms with Crippen LogP contribution in [0.4, 0.5) is 19.3 Å². The molecule has 3 aromatic carbocycles. The molecular formula is C29H22ClF2N5O. The van der Waals surface area contributed by atoms with Gasteiger partial charge < -0.3 is 14.8 Å². The van der Waals surface area contributed by atoms with E-state index in [1.165, 1.54) is 6.07 Å². The highest BCUT2D eigenvalue weighted by Gasteiger charge is 2.36. The molecule has 0 saturated carbocycles. The third kappa shape index (κ3) is 4.13. The topological polar surface area (TPSA) is 55.1 Å². The molecule has 3 heterocycles. The van der Waals surface area contributed by atoms with Gasteiger partial charge in [-0.2, -0.15) is 5.10 Å². The van der Waals surface area contributed by atoms with E-state index in [1.54, 1.807) is 17.0 Å². The van der Waals surface area contributed by atoms with E-state index in [0.717, 1.165) is 46.2 Å². The zero-order valence-corrected chi connectivity index (χ0v) is 21.0. The number of halogens is 3. The molecule has 0 spiro atoms. The van der Waals surface area contributed by atoms with Gasteiger partial charge >= 0.3 is 6.03 Å². The Morgan fingerprint density at radius 2 is 1.76 bits per heavy atom. The monoisotopic (exact) mass is 529 g/mol. The van der Waals surface area contributed by atoms with Crippen LogP contribution in [-0.2, 0) is 6.54 Å². The highest BCUT2D eigenvalue weighted by molar-refractivity contribution is 6.30. The van der Waals surface area contributed by atoms with Crippen LogP contribution in [0.15, 0.2) is 91.1 Å². The maximum absolute atomic E-state index is 14.5. The van der Waals surface area contributed by atoms with Crippen LogP contribution < -0.4 is 5.32 Å². The lowest BCUT2D eigenvalue weighted by Gasteiger charge is -2.31. The van der Waals surface area contributed by atoms with E-state index in [1.807, 2.05) is 77.0 Å². The van der Waals surface area contributed by atoms with Crippen LogP contribution in [0.25, 0.3) is 11.5 Å². The molecule has 5 aromatic rings. The van der Waals surface area contributed by atoms with Crippen LogP contribution in [0.1, 0.15) is 28.6 Å². The first kappa shape index (κ1) is 23.9. The van der Waals surface area contributed by atoms with Gasteiger partial charge in [0.2, 0.25) is 0 Å². The van der Waals surface area contributed by atoms with Gasteiger partial charge in [-0.25, -0.2) is 18.3 Å². The number of carbonyl (C=O) groups excluding carboxylic acids is 1. The summed E-state index contributed by atoms with van der Waals surface area (Å²) in [6, 6.07) is 22.9. The van der Waals surface area contributed by atoms with Gasteiger partial charge in [-0.3, -0.25) is 0 Å². The number of urea groups is 1. The summed E-state index contributed by atoms with van der Waals surface area (Å²) in [5.41, 5.74) is 4.01. The highest BCUT2D eigenvalue weighted by Crippen LogP contribution is 2.39.